The molecule has 0 heterocycles. The van der Waals surface area contributed by atoms with Crippen LogP contribution >= 0.6 is 0 Å². The van der Waals surface area contributed by atoms with Gasteiger partial charge in [-0.05, 0) is 116 Å². The van der Waals surface area contributed by atoms with Gasteiger partial charge in [0.1, 0.15) is 13.2 Å². The van der Waals surface area contributed by atoms with Crippen LogP contribution < -0.4 is 0 Å². The van der Waals surface area contributed by atoms with Crippen LogP contribution in [0.3, 0.4) is 0 Å². The van der Waals surface area contributed by atoms with E-state index in [1.807, 2.05) is 0 Å². The van der Waals surface area contributed by atoms with Gasteiger partial charge in [0.2, 0.25) is 0 Å². The molecule has 0 rings (SSSR count). The third kappa shape index (κ3) is 50.5. The highest BCUT2D eigenvalue weighted by atomic mass is 16.6. The van der Waals surface area contributed by atoms with Crippen molar-refractivity contribution in [2.24, 2.45) is 0 Å². The SMILES string of the molecule is CC/C=C\C/C=C\C/C=C\C/C=C\C/C=C\C/C=C\CCCCC(=O)OCC(COC(=O)CCCCCCCC)OC(=O)CCCCCCC/C=C\C/C=C\C/C=C\C/C=C\C/C=C\CC. The molecule has 0 aromatic heterocycles. The van der Waals surface area contributed by atoms with Gasteiger partial charge in [-0.25, -0.2) is 0 Å². The Morgan fingerprint density at radius 2 is 0.591 bits per heavy atom. The highest BCUT2D eigenvalue weighted by Crippen LogP contribution is 2.12. The summed E-state index contributed by atoms with van der Waals surface area (Å²) in [6.45, 7) is 6.27. The predicted octanol–water partition coefficient (Wildman–Crippen LogP) is 17.5. The van der Waals surface area contributed by atoms with Crippen molar-refractivity contribution in [2.45, 2.75) is 213 Å². The lowest BCUT2D eigenvalue weighted by molar-refractivity contribution is -0.167. The number of allylic oxidation sites excluding steroid dienone is 22. The molecule has 370 valence electrons. The van der Waals surface area contributed by atoms with Gasteiger partial charge in [-0.15, -0.1) is 0 Å². The van der Waals surface area contributed by atoms with Gasteiger partial charge >= 0.3 is 17.9 Å². The second-order valence-corrected chi connectivity index (χ2v) is 16.7. The van der Waals surface area contributed by atoms with Crippen LogP contribution in [0.25, 0.3) is 0 Å². The number of hydrogen-bond acceptors (Lipinski definition) is 6. The summed E-state index contributed by atoms with van der Waals surface area (Å²) < 4.78 is 16.7. The smallest absolute Gasteiger partial charge is 0.306 e. The van der Waals surface area contributed by atoms with Crippen molar-refractivity contribution in [1.29, 1.82) is 0 Å². The van der Waals surface area contributed by atoms with Crippen LogP contribution in [0.5, 0.6) is 0 Å². The second-order valence-electron chi connectivity index (χ2n) is 16.7. The highest BCUT2D eigenvalue weighted by Gasteiger charge is 2.19. The van der Waals surface area contributed by atoms with E-state index >= 15 is 0 Å². The minimum absolute atomic E-state index is 0.105. The van der Waals surface area contributed by atoms with Crippen molar-refractivity contribution in [3.63, 3.8) is 0 Å². The molecular formula is C60H94O6. The molecule has 0 aliphatic rings. The standard InChI is InChI=1S/C60H94O6/c1-4-7-10-13-16-18-20-22-24-26-28-30-32-34-36-38-40-42-44-47-50-53-59(62)65-56-57(55-64-58(61)52-49-46-15-12-9-6-3)66-60(63)54-51-48-45-43-41-39-37-35-33-31-29-27-25-23-21-19-17-14-11-8-5-2/h7-8,10-11,16-19,22-25,28-31,34-37,40,42,57H,4-6,9,12-15,20-21,26-27,32-33,38-39,41,43-56H2,1-3H3/b10-7-,11-8-,18-16-,19-17-,24-22-,25-23-,30-28-,31-29-,36-34-,37-35-,42-40-. The molecule has 6 heteroatoms. The molecule has 0 bridgehead atoms. The van der Waals surface area contributed by atoms with Crippen molar-refractivity contribution in [2.75, 3.05) is 13.2 Å². The normalized spacial score (nSPS) is 13.2. The monoisotopic (exact) mass is 911 g/mol. The van der Waals surface area contributed by atoms with Gasteiger partial charge in [0.15, 0.2) is 6.10 Å². The van der Waals surface area contributed by atoms with Crippen molar-refractivity contribution in [1.82, 2.24) is 0 Å². The first kappa shape index (κ1) is 61.5. The minimum atomic E-state index is -0.808. The van der Waals surface area contributed by atoms with E-state index in [0.29, 0.717) is 25.7 Å². The predicted molar refractivity (Wildman–Crippen MR) is 283 cm³/mol. The lowest BCUT2D eigenvalue weighted by atomic mass is 10.1. The van der Waals surface area contributed by atoms with Crippen LogP contribution in [-0.2, 0) is 28.6 Å². The Balaban J connectivity index is 4.37. The first-order valence-corrected chi connectivity index (χ1v) is 26.2. The molecule has 0 fully saturated rings. The number of unbranched alkanes of at least 4 members (excludes halogenated alkanes) is 12. The largest absolute Gasteiger partial charge is 0.462 e. The maximum atomic E-state index is 12.8. The first-order valence-electron chi connectivity index (χ1n) is 26.2. The van der Waals surface area contributed by atoms with Crippen LogP contribution in [0, 0.1) is 0 Å². The lowest BCUT2D eigenvalue weighted by Crippen LogP contribution is -2.30. The molecule has 0 aliphatic heterocycles. The van der Waals surface area contributed by atoms with Crippen LogP contribution in [0.1, 0.15) is 207 Å². The van der Waals surface area contributed by atoms with Gasteiger partial charge in [-0.1, -0.05) is 206 Å². The Labute approximate surface area is 405 Å². The molecule has 1 unspecified atom stereocenters. The summed E-state index contributed by atoms with van der Waals surface area (Å²) in [5.74, 6) is -0.989. The molecule has 0 N–H and O–H groups in total. The molecule has 0 spiro atoms. The number of carbonyl (C=O) groups excluding carboxylic acids is 3. The topological polar surface area (TPSA) is 78.9 Å². The van der Waals surface area contributed by atoms with E-state index in [1.54, 1.807) is 0 Å². The number of ether oxygens (including phenoxy) is 3. The van der Waals surface area contributed by atoms with E-state index in [2.05, 4.69) is 154 Å². The molecule has 0 aromatic rings. The van der Waals surface area contributed by atoms with Crippen LogP contribution in [-0.4, -0.2) is 37.2 Å². The molecule has 0 saturated heterocycles. The molecule has 6 nitrogen and oxygen atoms in total. The number of hydrogen-bond donors (Lipinski definition) is 0. The summed E-state index contributed by atoms with van der Waals surface area (Å²) in [6.07, 6.45) is 74.6. The quantitative estimate of drug-likeness (QED) is 0.0262. The lowest BCUT2D eigenvalue weighted by Gasteiger charge is -2.18. The highest BCUT2D eigenvalue weighted by molar-refractivity contribution is 5.71. The zero-order valence-corrected chi connectivity index (χ0v) is 42.1. The van der Waals surface area contributed by atoms with E-state index in [9.17, 15) is 14.4 Å². The summed E-state index contributed by atoms with van der Waals surface area (Å²) in [7, 11) is 0. The first-order chi connectivity index (χ1) is 32.5. The summed E-state index contributed by atoms with van der Waals surface area (Å²) in [5, 5.41) is 0. The van der Waals surface area contributed by atoms with Crippen LogP contribution in [0.2, 0.25) is 0 Å². The molecular weight excluding hydrogens is 817 g/mol. The fourth-order valence-corrected chi connectivity index (χ4v) is 6.53. The molecule has 0 aromatic carbocycles. The number of rotatable bonds is 45. The molecule has 0 aliphatic carbocycles. The Morgan fingerprint density at radius 1 is 0.318 bits per heavy atom. The van der Waals surface area contributed by atoms with E-state index in [0.717, 1.165) is 141 Å². The summed E-state index contributed by atoms with van der Waals surface area (Å²) in [4.78, 5) is 37.8. The van der Waals surface area contributed by atoms with Gasteiger partial charge in [0, 0.05) is 19.3 Å². The molecule has 0 amide bonds. The van der Waals surface area contributed by atoms with Gasteiger partial charge in [0.25, 0.3) is 0 Å². The Bertz CT molecular complexity index is 1460. The Morgan fingerprint density at radius 3 is 0.955 bits per heavy atom. The van der Waals surface area contributed by atoms with E-state index in [4.69, 9.17) is 14.2 Å². The van der Waals surface area contributed by atoms with Gasteiger partial charge in [0.05, 0.1) is 0 Å². The summed E-state index contributed by atoms with van der Waals surface area (Å²) >= 11 is 0. The molecule has 1 atom stereocenters. The van der Waals surface area contributed by atoms with Crippen molar-refractivity contribution < 1.29 is 28.6 Å². The van der Waals surface area contributed by atoms with Gasteiger partial charge < -0.3 is 14.2 Å². The van der Waals surface area contributed by atoms with Crippen molar-refractivity contribution >= 4 is 17.9 Å². The fourth-order valence-electron chi connectivity index (χ4n) is 6.53. The van der Waals surface area contributed by atoms with Crippen molar-refractivity contribution in [3.05, 3.63) is 134 Å². The van der Waals surface area contributed by atoms with Gasteiger partial charge in [-0.2, -0.15) is 0 Å². The summed E-state index contributed by atoms with van der Waals surface area (Å²) in [6, 6.07) is 0. The molecule has 0 saturated carbocycles. The van der Waals surface area contributed by atoms with E-state index in [-0.39, 0.29) is 31.1 Å². The maximum absolute atomic E-state index is 12.8. The third-order valence-corrected chi connectivity index (χ3v) is 10.4. The Kier molecular flexibility index (Phi) is 49.6. The Hall–Kier alpha value is -4.45. The third-order valence-electron chi connectivity index (χ3n) is 10.4. The fraction of sp³-hybridized carbons (Fsp3) is 0.583. The molecule has 0 radical (unpaired) electrons. The zero-order chi connectivity index (χ0) is 47.9. The number of esters is 3. The average molecular weight is 911 g/mol. The second kappa shape index (κ2) is 53.2. The average Bonchev–Trinajstić information content (AvgIpc) is 3.31. The van der Waals surface area contributed by atoms with E-state index < -0.39 is 6.10 Å². The maximum Gasteiger partial charge on any atom is 0.306 e. The van der Waals surface area contributed by atoms with Crippen molar-refractivity contribution in [3.8, 4) is 0 Å². The van der Waals surface area contributed by atoms with Crippen LogP contribution in [0.15, 0.2) is 134 Å². The van der Waals surface area contributed by atoms with Gasteiger partial charge in [-0.3, -0.25) is 14.4 Å². The van der Waals surface area contributed by atoms with Crippen LogP contribution in [0.4, 0.5) is 0 Å². The number of carbonyl (C=O) groups is 3. The molecule has 66 heavy (non-hydrogen) atoms. The van der Waals surface area contributed by atoms with E-state index in [1.165, 1.54) is 19.3 Å². The zero-order valence-electron chi connectivity index (χ0n) is 42.1. The minimum Gasteiger partial charge on any atom is -0.462 e. The summed E-state index contributed by atoms with van der Waals surface area (Å²) in [5.41, 5.74) is 0.